The van der Waals surface area contributed by atoms with Crippen LogP contribution in [0, 0.1) is 12.8 Å². The zero-order chi connectivity index (χ0) is 12.4. The molecule has 1 N–H and O–H groups in total. The Kier molecular flexibility index (Phi) is 3.84. The smallest absolute Gasteiger partial charge is 0.0540 e. The van der Waals surface area contributed by atoms with Crippen molar-refractivity contribution in [1.29, 1.82) is 0 Å². The molecule has 0 radical (unpaired) electrons. The van der Waals surface area contributed by atoms with Crippen molar-refractivity contribution in [2.75, 3.05) is 27.2 Å². The second-order valence-corrected chi connectivity index (χ2v) is 5.19. The molecular weight excluding hydrogens is 212 g/mol. The van der Waals surface area contributed by atoms with E-state index in [1.807, 2.05) is 25.0 Å². The summed E-state index contributed by atoms with van der Waals surface area (Å²) in [5, 5.41) is 7.72. The zero-order valence-corrected chi connectivity index (χ0v) is 11.4. The summed E-state index contributed by atoms with van der Waals surface area (Å²) >= 11 is 0. The lowest BCUT2D eigenvalue weighted by molar-refractivity contribution is 0.120. The standard InChI is InChI=1S/C13H24N4/c1-10-12(9-15-17(10)4)13-11(8-14-2)6-5-7-16(13)3/h9,11,13-14H,5-8H2,1-4H3. The molecule has 2 unspecified atom stereocenters. The van der Waals surface area contributed by atoms with Crippen molar-refractivity contribution < 1.29 is 0 Å². The zero-order valence-electron chi connectivity index (χ0n) is 11.4. The summed E-state index contributed by atoms with van der Waals surface area (Å²) in [6, 6.07) is 0.518. The number of hydrogen-bond donors (Lipinski definition) is 1. The van der Waals surface area contributed by atoms with Gasteiger partial charge in [-0.3, -0.25) is 9.58 Å². The van der Waals surface area contributed by atoms with Crippen molar-refractivity contribution >= 4 is 0 Å². The van der Waals surface area contributed by atoms with Crippen LogP contribution in [0.1, 0.15) is 30.1 Å². The number of nitrogens with zero attached hydrogens (tertiary/aromatic N) is 3. The van der Waals surface area contributed by atoms with Crippen molar-refractivity contribution in [2.45, 2.75) is 25.8 Å². The summed E-state index contributed by atoms with van der Waals surface area (Å²) in [5.41, 5.74) is 2.69. The van der Waals surface area contributed by atoms with Crippen LogP contribution < -0.4 is 5.32 Å². The van der Waals surface area contributed by atoms with Gasteiger partial charge in [0.15, 0.2) is 0 Å². The van der Waals surface area contributed by atoms with Gasteiger partial charge in [-0.1, -0.05) is 0 Å². The summed E-state index contributed by atoms with van der Waals surface area (Å²) < 4.78 is 1.98. The lowest BCUT2D eigenvalue weighted by atomic mass is 9.85. The maximum Gasteiger partial charge on any atom is 0.0540 e. The molecular formula is C13H24N4. The van der Waals surface area contributed by atoms with E-state index in [2.05, 4.69) is 29.3 Å². The molecule has 0 saturated carbocycles. The highest BCUT2D eigenvalue weighted by Gasteiger charge is 2.31. The topological polar surface area (TPSA) is 33.1 Å². The van der Waals surface area contributed by atoms with E-state index in [1.165, 1.54) is 30.6 Å². The van der Waals surface area contributed by atoms with E-state index >= 15 is 0 Å². The highest BCUT2D eigenvalue weighted by Crippen LogP contribution is 2.35. The molecule has 1 saturated heterocycles. The molecule has 17 heavy (non-hydrogen) atoms. The first-order valence-electron chi connectivity index (χ1n) is 6.48. The molecule has 0 aromatic carbocycles. The predicted octanol–water partition coefficient (Wildman–Crippen LogP) is 1.33. The lowest BCUT2D eigenvalue weighted by Crippen LogP contribution is -2.40. The average molecular weight is 236 g/mol. The number of aryl methyl sites for hydroxylation is 1. The van der Waals surface area contributed by atoms with Gasteiger partial charge in [0.05, 0.1) is 6.20 Å². The molecule has 0 bridgehead atoms. The molecule has 0 spiro atoms. The highest BCUT2D eigenvalue weighted by molar-refractivity contribution is 5.22. The molecule has 1 aromatic heterocycles. The molecule has 1 fully saturated rings. The van der Waals surface area contributed by atoms with E-state index in [0.717, 1.165) is 6.54 Å². The molecule has 4 nitrogen and oxygen atoms in total. The second kappa shape index (κ2) is 5.19. The predicted molar refractivity (Wildman–Crippen MR) is 70.0 cm³/mol. The van der Waals surface area contributed by atoms with Crippen LogP contribution in [0.15, 0.2) is 6.20 Å². The fourth-order valence-corrected chi connectivity index (χ4v) is 3.03. The van der Waals surface area contributed by atoms with Gasteiger partial charge in [0.2, 0.25) is 0 Å². The van der Waals surface area contributed by atoms with Gasteiger partial charge in [-0.25, -0.2) is 0 Å². The van der Waals surface area contributed by atoms with Crippen LogP contribution in [-0.4, -0.2) is 41.9 Å². The van der Waals surface area contributed by atoms with Gasteiger partial charge in [0, 0.05) is 24.3 Å². The van der Waals surface area contributed by atoms with E-state index in [-0.39, 0.29) is 0 Å². The maximum absolute atomic E-state index is 4.39. The minimum absolute atomic E-state index is 0.518. The molecule has 0 amide bonds. The van der Waals surface area contributed by atoms with Crippen molar-refractivity contribution in [3.63, 3.8) is 0 Å². The van der Waals surface area contributed by atoms with Crippen molar-refractivity contribution in [3.05, 3.63) is 17.5 Å². The van der Waals surface area contributed by atoms with Crippen molar-refractivity contribution in [1.82, 2.24) is 20.0 Å². The summed E-state index contributed by atoms with van der Waals surface area (Å²) in [4.78, 5) is 2.48. The quantitative estimate of drug-likeness (QED) is 0.859. The average Bonchev–Trinajstić information content (AvgIpc) is 2.61. The Morgan fingerprint density at radius 1 is 1.47 bits per heavy atom. The lowest BCUT2D eigenvalue weighted by Gasteiger charge is -2.39. The number of hydrogen-bond acceptors (Lipinski definition) is 3. The number of likely N-dealkylation sites (tertiary alicyclic amines) is 1. The van der Waals surface area contributed by atoms with Crippen LogP contribution in [0.4, 0.5) is 0 Å². The Morgan fingerprint density at radius 2 is 2.24 bits per heavy atom. The van der Waals surface area contributed by atoms with Gasteiger partial charge in [0.1, 0.15) is 0 Å². The number of aromatic nitrogens is 2. The van der Waals surface area contributed by atoms with Crippen molar-refractivity contribution in [3.8, 4) is 0 Å². The maximum atomic E-state index is 4.39. The molecule has 0 aliphatic carbocycles. The van der Waals surface area contributed by atoms with Crippen LogP contribution >= 0.6 is 0 Å². The number of piperidine rings is 1. The fourth-order valence-electron chi connectivity index (χ4n) is 3.03. The monoisotopic (exact) mass is 236 g/mol. The van der Waals surface area contributed by atoms with Crippen LogP contribution in [0.3, 0.4) is 0 Å². The first-order chi connectivity index (χ1) is 8.15. The minimum atomic E-state index is 0.518. The molecule has 96 valence electrons. The van der Waals surface area contributed by atoms with E-state index < -0.39 is 0 Å². The van der Waals surface area contributed by atoms with E-state index in [1.54, 1.807) is 0 Å². The summed E-state index contributed by atoms with van der Waals surface area (Å²) in [6.45, 7) is 4.45. The van der Waals surface area contributed by atoms with Crippen LogP contribution in [0.25, 0.3) is 0 Å². The fraction of sp³-hybridized carbons (Fsp3) is 0.769. The summed E-state index contributed by atoms with van der Waals surface area (Å²) in [6.07, 6.45) is 4.66. The minimum Gasteiger partial charge on any atom is -0.319 e. The van der Waals surface area contributed by atoms with Crippen LogP contribution in [0.2, 0.25) is 0 Å². The highest BCUT2D eigenvalue weighted by atomic mass is 15.3. The molecule has 1 aromatic rings. The van der Waals surface area contributed by atoms with E-state index in [4.69, 9.17) is 0 Å². The van der Waals surface area contributed by atoms with E-state index in [0.29, 0.717) is 12.0 Å². The van der Waals surface area contributed by atoms with Crippen LogP contribution in [-0.2, 0) is 7.05 Å². The molecule has 1 aliphatic rings. The molecule has 2 atom stereocenters. The van der Waals surface area contributed by atoms with E-state index in [9.17, 15) is 0 Å². The summed E-state index contributed by atoms with van der Waals surface area (Å²) in [7, 11) is 6.30. The number of rotatable bonds is 3. The van der Waals surface area contributed by atoms with Gasteiger partial charge in [-0.05, 0) is 52.9 Å². The first kappa shape index (κ1) is 12.6. The van der Waals surface area contributed by atoms with Gasteiger partial charge < -0.3 is 5.32 Å². The largest absolute Gasteiger partial charge is 0.319 e. The molecule has 4 heteroatoms. The Labute approximate surface area is 104 Å². The Morgan fingerprint density at radius 3 is 2.82 bits per heavy atom. The second-order valence-electron chi connectivity index (χ2n) is 5.19. The van der Waals surface area contributed by atoms with Crippen molar-refractivity contribution in [2.24, 2.45) is 13.0 Å². The third-order valence-corrected chi connectivity index (χ3v) is 4.07. The van der Waals surface area contributed by atoms with Gasteiger partial charge in [-0.2, -0.15) is 5.10 Å². The third-order valence-electron chi connectivity index (χ3n) is 4.07. The summed E-state index contributed by atoms with van der Waals surface area (Å²) in [5.74, 6) is 0.696. The molecule has 1 aliphatic heterocycles. The Bertz CT molecular complexity index is 369. The Balaban J connectivity index is 2.27. The normalized spacial score (nSPS) is 26.4. The van der Waals surface area contributed by atoms with Gasteiger partial charge in [-0.15, -0.1) is 0 Å². The number of nitrogens with one attached hydrogen (secondary N) is 1. The SMILES string of the molecule is CNCC1CCCN(C)C1c1cnn(C)c1C. The molecule has 2 heterocycles. The third kappa shape index (κ3) is 2.38. The molecule has 2 rings (SSSR count). The van der Waals surface area contributed by atoms with Gasteiger partial charge in [0.25, 0.3) is 0 Å². The Hall–Kier alpha value is -0.870. The first-order valence-corrected chi connectivity index (χ1v) is 6.48. The van der Waals surface area contributed by atoms with Gasteiger partial charge >= 0.3 is 0 Å². The van der Waals surface area contributed by atoms with Crippen LogP contribution in [0.5, 0.6) is 0 Å².